The Morgan fingerprint density at radius 1 is 1.69 bits per heavy atom. The summed E-state index contributed by atoms with van der Waals surface area (Å²) in [6.07, 6.45) is 0.179. The Balaban J connectivity index is 2.44. The Morgan fingerprint density at radius 2 is 2.38 bits per heavy atom. The number of halogens is 1. The molecule has 0 spiro atoms. The van der Waals surface area contributed by atoms with Crippen LogP contribution < -0.4 is 11.8 Å². The van der Waals surface area contributed by atoms with E-state index in [0.717, 1.165) is 0 Å². The van der Waals surface area contributed by atoms with Crippen LogP contribution in [0.2, 0.25) is 3.63 Å². The maximum atomic E-state index is 13.2. The zero-order chi connectivity index (χ0) is 11.9. The molecule has 88 valence electrons. The second kappa shape index (κ2) is 4.18. The van der Waals surface area contributed by atoms with E-state index in [-0.39, 0.29) is 12.3 Å². The average molecular weight is 424 g/mol. The van der Waals surface area contributed by atoms with Gasteiger partial charge in [0.25, 0.3) is 0 Å². The Hall–Kier alpha value is -0.877. The molecule has 1 aromatic rings. The number of aromatic nitrogens is 2. The Labute approximate surface area is 98.7 Å². The molecular weight excluding hydrogens is 415 g/mol. The summed E-state index contributed by atoms with van der Waals surface area (Å²) in [6.45, 7) is 0. The topological polar surface area (TPSA) is 98.3 Å². The predicted molar refractivity (Wildman–Crippen MR) is 47.5 cm³/mol. The number of hydrogen-bond donors (Lipinski definition) is 2. The third-order valence-corrected chi connectivity index (χ3v) is 8.49. The summed E-state index contributed by atoms with van der Waals surface area (Å²) in [4.78, 5) is 18.5. The van der Waals surface area contributed by atoms with Gasteiger partial charge >= 0.3 is 98.8 Å². The maximum absolute atomic E-state index is 13.2. The van der Waals surface area contributed by atoms with Crippen molar-refractivity contribution >= 4 is 9.37 Å². The Bertz CT molecular complexity index is 456. The first kappa shape index (κ1) is 11.6. The summed E-state index contributed by atoms with van der Waals surface area (Å²) in [5, 5.41) is 8.94. The molecule has 0 amide bonds. The molecule has 0 aromatic carbocycles. The van der Waals surface area contributed by atoms with E-state index in [9.17, 15) is 9.18 Å². The molecule has 1 aliphatic rings. The Kier molecular flexibility index (Phi) is 3.03. The van der Waals surface area contributed by atoms with Gasteiger partial charge in [-0.15, -0.1) is 0 Å². The number of rotatable bonds is 2. The van der Waals surface area contributed by atoms with Crippen LogP contribution in [0.1, 0.15) is 5.69 Å². The van der Waals surface area contributed by atoms with Crippen LogP contribution in [0, 0.1) is 28.0 Å². The number of hydrogen-bond acceptors (Lipinski definition) is 5. The van der Waals surface area contributed by atoms with Gasteiger partial charge in [-0.05, 0) is 0 Å². The normalized spacial score (nSPS) is 20.7. The number of methoxy groups -OCH3 is 1. The van der Waals surface area contributed by atoms with Crippen LogP contribution in [-0.4, -0.2) is 28.2 Å². The van der Waals surface area contributed by atoms with Crippen LogP contribution in [0.5, 0.6) is 5.88 Å². The fourth-order valence-corrected chi connectivity index (χ4v) is 6.50. The molecule has 0 saturated carbocycles. The Morgan fingerprint density at radius 3 is 2.94 bits per heavy atom. The molecule has 3 N–H and O–H groups in total. The minimum atomic E-state index is -2.68. The van der Waals surface area contributed by atoms with Crippen molar-refractivity contribution in [2.24, 2.45) is 3.68 Å². The summed E-state index contributed by atoms with van der Waals surface area (Å²) in [6, 6.07) is 0. The molecule has 0 fully saturated rings. The van der Waals surface area contributed by atoms with Gasteiger partial charge in [0.15, 0.2) is 0 Å². The standard InChI is InChI=1S/C8H9AtFN3O3/c1-16-7-6(10)12-4-2-3(8(14)15)9(11)5(4)13-7/h3H,2,11H2,1H3,(H,14,15). The van der Waals surface area contributed by atoms with Crippen LogP contribution in [0.15, 0.2) is 0 Å². The van der Waals surface area contributed by atoms with Gasteiger partial charge in [0.2, 0.25) is 0 Å². The van der Waals surface area contributed by atoms with Gasteiger partial charge in [0.05, 0.1) is 0 Å². The number of fused-ring (bicyclic) bond motifs is 1. The van der Waals surface area contributed by atoms with Crippen molar-refractivity contribution in [3.05, 3.63) is 11.6 Å². The molecule has 8 heteroatoms. The zero-order valence-electron chi connectivity index (χ0n) is 8.28. The number of aliphatic carboxylic acids is 1. The van der Waals surface area contributed by atoms with E-state index in [0.29, 0.717) is 9.10 Å². The molecule has 2 rings (SSSR count). The van der Waals surface area contributed by atoms with Gasteiger partial charge in [0, 0.05) is 0 Å². The van der Waals surface area contributed by atoms with Gasteiger partial charge < -0.3 is 0 Å². The molecule has 0 saturated heterocycles. The second-order valence-electron chi connectivity index (χ2n) is 3.12. The summed E-state index contributed by atoms with van der Waals surface area (Å²) >= 11 is -2.68. The summed E-state index contributed by atoms with van der Waals surface area (Å²) in [5.74, 6) is -1.99. The van der Waals surface area contributed by atoms with E-state index in [1.165, 1.54) is 7.11 Å². The molecule has 16 heavy (non-hydrogen) atoms. The number of carboxylic acid groups (broad SMARTS) is 1. The number of nitrogens with two attached hydrogens (primary N) is 1. The zero-order valence-corrected chi connectivity index (χ0v) is 11.2. The molecule has 1 aromatic heterocycles. The van der Waals surface area contributed by atoms with E-state index in [1.807, 2.05) is 0 Å². The first-order valence-corrected chi connectivity index (χ1v) is 9.16. The molecule has 0 aliphatic carbocycles. The van der Waals surface area contributed by atoms with Crippen molar-refractivity contribution in [3.8, 4) is 5.88 Å². The quantitative estimate of drug-likeness (QED) is 0.644. The van der Waals surface area contributed by atoms with Crippen molar-refractivity contribution in [3.63, 3.8) is 0 Å². The van der Waals surface area contributed by atoms with Gasteiger partial charge in [-0.1, -0.05) is 0 Å². The van der Waals surface area contributed by atoms with Crippen LogP contribution in [0.3, 0.4) is 0 Å². The van der Waals surface area contributed by atoms with Gasteiger partial charge in [-0.3, -0.25) is 0 Å². The van der Waals surface area contributed by atoms with Crippen molar-refractivity contribution in [1.82, 2.24) is 9.97 Å². The molecule has 6 nitrogen and oxygen atoms in total. The average Bonchev–Trinajstić information content (AvgIpc) is 2.54. The fourth-order valence-electron chi connectivity index (χ4n) is 1.41. The first-order valence-electron chi connectivity index (χ1n) is 4.30. The number of ether oxygens (including phenoxy) is 1. The molecule has 2 heterocycles. The number of nitrogens with zero attached hydrogens (tertiary/aromatic N) is 2. The van der Waals surface area contributed by atoms with E-state index in [4.69, 9.17) is 13.5 Å². The van der Waals surface area contributed by atoms with Crippen LogP contribution in [-0.2, 0) is 11.2 Å². The van der Waals surface area contributed by atoms with E-state index < -0.39 is 37.6 Å². The number of carboxylic acids is 1. The van der Waals surface area contributed by atoms with Crippen LogP contribution >= 0.6 is 0 Å². The van der Waals surface area contributed by atoms with E-state index in [2.05, 4.69) is 9.97 Å². The summed E-state index contributed by atoms with van der Waals surface area (Å²) in [5.41, 5.74) is 0.372. The predicted octanol–water partition coefficient (Wildman–Crippen LogP) is -0.827. The van der Waals surface area contributed by atoms with Crippen molar-refractivity contribution in [1.29, 1.82) is 0 Å². The molecule has 1 unspecified atom stereocenters. The molecular formula is C8H9AtFN3O3. The van der Waals surface area contributed by atoms with Crippen LogP contribution in [0.4, 0.5) is 4.39 Å². The van der Waals surface area contributed by atoms with Crippen LogP contribution in [0.25, 0.3) is 0 Å². The summed E-state index contributed by atoms with van der Waals surface area (Å²) < 4.78 is 23.7. The first-order chi connectivity index (χ1) is 7.54. The molecule has 1 atom stereocenters. The van der Waals surface area contributed by atoms with Crippen molar-refractivity contribution in [2.75, 3.05) is 7.11 Å². The third kappa shape index (κ3) is 1.76. The fraction of sp³-hybridized carbons (Fsp3) is 0.375. The van der Waals surface area contributed by atoms with Crippen molar-refractivity contribution < 1.29 is 41.1 Å². The molecule has 0 radical (unpaired) electrons. The van der Waals surface area contributed by atoms with Gasteiger partial charge in [-0.2, -0.15) is 0 Å². The molecule has 0 bridgehead atoms. The molecule has 1 aliphatic heterocycles. The SMILES string of the molecule is COc1nc2c(nc1F)CC(C(=O)O)[At]2N. The van der Waals surface area contributed by atoms with Gasteiger partial charge in [0.1, 0.15) is 0 Å². The van der Waals surface area contributed by atoms with Crippen molar-refractivity contribution in [2.45, 2.75) is 10.0 Å². The monoisotopic (exact) mass is 424 g/mol. The third-order valence-electron chi connectivity index (χ3n) is 2.17. The minimum absolute atomic E-state index is 0.179. The van der Waals surface area contributed by atoms with E-state index >= 15 is 0 Å². The van der Waals surface area contributed by atoms with Gasteiger partial charge in [-0.25, -0.2) is 0 Å². The second-order valence-corrected chi connectivity index (χ2v) is 9.23. The van der Waals surface area contributed by atoms with E-state index in [1.54, 1.807) is 0 Å². The summed E-state index contributed by atoms with van der Waals surface area (Å²) in [7, 11) is 1.28. The number of carbonyl (C=O) groups is 1.